The van der Waals surface area contributed by atoms with Crippen molar-refractivity contribution in [1.29, 1.82) is 0 Å². The van der Waals surface area contributed by atoms with E-state index in [0.717, 1.165) is 17.2 Å². The zero-order chi connectivity index (χ0) is 39.7. The highest BCUT2D eigenvalue weighted by Gasteiger charge is 2.39. The highest BCUT2D eigenvalue weighted by Crippen LogP contribution is 2.38. The molecule has 55 heavy (non-hydrogen) atoms. The van der Waals surface area contributed by atoms with E-state index >= 15 is 0 Å². The van der Waals surface area contributed by atoms with Crippen molar-refractivity contribution in [3.63, 3.8) is 0 Å². The Morgan fingerprint density at radius 2 is 0.891 bits per heavy atom. The maximum Gasteiger partial charge on any atom is 0.262 e. The van der Waals surface area contributed by atoms with Crippen LogP contribution >= 0.6 is 0 Å². The van der Waals surface area contributed by atoms with Crippen molar-refractivity contribution in [2.24, 2.45) is 0 Å². The Labute approximate surface area is 314 Å². The first-order valence-electron chi connectivity index (χ1n) is 16.9. The van der Waals surface area contributed by atoms with Crippen LogP contribution in [-0.4, -0.2) is 111 Å². The van der Waals surface area contributed by atoms with Gasteiger partial charge in [-0.25, -0.2) is 0 Å². The second kappa shape index (κ2) is 15.7. The molecule has 0 aliphatic carbocycles. The zero-order valence-corrected chi connectivity index (χ0v) is 31.2. The molecule has 2 aliphatic heterocycles. The van der Waals surface area contributed by atoms with Crippen LogP contribution in [0.2, 0.25) is 0 Å². The summed E-state index contributed by atoms with van der Waals surface area (Å²) in [5.41, 5.74) is 4.18. The second-order valence-corrected chi connectivity index (χ2v) is 15.7. The summed E-state index contributed by atoms with van der Waals surface area (Å²) in [7, 11) is -7.33. The number of amides is 4. The van der Waals surface area contributed by atoms with E-state index in [2.05, 4.69) is 10.6 Å². The topological polar surface area (TPSA) is 234 Å². The van der Waals surface area contributed by atoms with Gasteiger partial charge in [-0.1, -0.05) is 36.4 Å². The lowest BCUT2D eigenvalue weighted by Gasteiger charge is -2.15. The summed E-state index contributed by atoms with van der Waals surface area (Å²) in [6, 6.07) is 21.9. The Balaban J connectivity index is 0.000000459. The molecule has 0 saturated carbocycles. The number of carbonyl (C=O) groups excluding carboxylic acids is 4. The van der Waals surface area contributed by atoms with Gasteiger partial charge in [-0.15, -0.1) is 0 Å². The highest BCUT2D eigenvalue weighted by atomic mass is 32.2. The van der Waals surface area contributed by atoms with E-state index in [4.69, 9.17) is 17.9 Å². The molecule has 0 spiro atoms. The Morgan fingerprint density at radius 3 is 1.27 bits per heavy atom. The molecule has 16 nitrogen and oxygen atoms in total. The number of furan rings is 2. The van der Waals surface area contributed by atoms with Crippen LogP contribution in [0.5, 0.6) is 0 Å². The van der Waals surface area contributed by atoms with E-state index < -0.39 is 20.2 Å². The number of hydrogen-bond donors (Lipinski definition) is 4. The minimum atomic E-state index is -3.67. The molecule has 2 aromatic heterocycles. The normalized spacial score (nSPS) is 14.1. The van der Waals surface area contributed by atoms with Crippen LogP contribution in [0.4, 0.5) is 0 Å². The van der Waals surface area contributed by atoms with Gasteiger partial charge in [-0.2, -0.15) is 16.8 Å². The van der Waals surface area contributed by atoms with Gasteiger partial charge in [0, 0.05) is 47.7 Å². The van der Waals surface area contributed by atoms with Crippen LogP contribution in [0.3, 0.4) is 0 Å². The standard InChI is InChI=1S/C35H28N4O6.2CH4O3S/c40-32-22-10-12-26-28(20-6-1-3-8-24(20)44-26)30(22)34(42)38(32)18-16-36-14-5-15-37-17-19-39-33(41)23-11-13-27-29(31(23)35(39)43)21-7-2-4-9-25(21)45-27;2*1-5(2,3)4/h1-4,6-13,36-37H,5,14-19H2;2*1H3,(H,2,3,4). The number of carbonyl (C=O) groups is 4. The first-order chi connectivity index (χ1) is 26.0. The van der Waals surface area contributed by atoms with E-state index in [1.165, 1.54) is 9.80 Å². The first kappa shape index (κ1) is 39.2. The molecule has 0 atom stereocenters. The molecule has 4 N–H and O–H groups in total. The molecule has 4 heterocycles. The lowest BCUT2D eigenvalue weighted by Crippen LogP contribution is -2.38. The summed E-state index contributed by atoms with van der Waals surface area (Å²) in [5.74, 6) is -1.18. The smallest absolute Gasteiger partial charge is 0.262 e. The summed E-state index contributed by atoms with van der Waals surface area (Å²) in [6.45, 7) is 2.79. The van der Waals surface area contributed by atoms with E-state index in [9.17, 15) is 36.0 Å². The van der Waals surface area contributed by atoms with E-state index in [0.29, 0.717) is 94.0 Å². The van der Waals surface area contributed by atoms with Gasteiger partial charge in [0.2, 0.25) is 0 Å². The van der Waals surface area contributed by atoms with Gasteiger partial charge < -0.3 is 19.5 Å². The number of nitrogens with zero attached hydrogens (tertiary/aromatic N) is 2. The van der Waals surface area contributed by atoms with Gasteiger partial charge in [-0.05, 0) is 55.9 Å². The van der Waals surface area contributed by atoms with Crippen LogP contribution in [0.25, 0.3) is 43.9 Å². The minimum Gasteiger partial charge on any atom is -0.456 e. The monoisotopic (exact) mass is 792 g/mol. The minimum absolute atomic E-state index is 0.260. The third-order valence-corrected chi connectivity index (χ3v) is 8.69. The molecular formula is C37H36N4O12S2. The van der Waals surface area contributed by atoms with Crippen molar-refractivity contribution in [2.75, 3.05) is 51.8 Å². The van der Waals surface area contributed by atoms with Crippen LogP contribution < -0.4 is 10.6 Å². The molecule has 0 unspecified atom stereocenters. The maximum atomic E-state index is 13.3. The van der Waals surface area contributed by atoms with Gasteiger partial charge in [0.15, 0.2) is 0 Å². The first-order valence-corrected chi connectivity index (χ1v) is 20.6. The van der Waals surface area contributed by atoms with Crippen LogP contribution in [0, 0.1) is 0 Å². The average molecular weight is 793 g/mol. The quantitative estimate of drug-likeness (QED) is 0.0874. The van der Waals surface area contributed by atoms with Gasteiger partial charge in [0.25, 0.3) is 43.9 Å². The lowest BCUT2D eigenvalue weighted by molar-refractivity contribution is 0.0641. The Morgan fingerprint density at radius 1 is 0.527 bits per heavy atom. The number of para-hydroxylation sites is 2. The molecule has 0 saturated heterocycles. The Hall–Kier alpha value is -5.50. The molecule has 0 fully saturated rings. The number of imide groups is 2. The van der Waals surface area contributed by atoms with Crippen LogP contribution in [0.1, 0.15) is 47.9 Å². The van der Waals surface area contributed by atoms with Crippen molar-refractivity contribution >= 4 is 87.7 Å². The maximum absolute atomic E-state index is 13.3. The van der Waals surface area contributed by atoms with E-state index in [-0.39, 0.29) is 36.7 Å². The largest absolute Gasteiger partial charge is 0.456 e. The van der Waals surface area contributed by atoms with Crippen molar-refractivity contribution in [1.82, 2.24) is 20.4 Å². The van der Waals surface area contributed by atoms with Crippen LogP contribution in [-0.2, 0) is 20.2 Å². The van der Waals surface area contributed by atoms with Gasteiger partial charge in [0.05, 0.1) is 34.8 Å². The summed E-state index contributed by atoms with van der Waals surface area (Å²) in [5, 5.41) is 9.62. The molecule has 4 amide bonds. The molecule has 288 valence electrons. The molecule has 2 aliphatic rings. The molecule has 8 rings (SSSR count). The van der Waals surface area contributed by atoms with Crippen molar-refractivity contribution in [3.05, 3.63) is 95.1 Å². The summed E-state index contributed by atoms with van der Waals surface area (Å²) in [4.78, 5) is 55.3. The predicted molar refractivity (Wildman–Crippen MR) is 203 cm³/mol. The Kier molecular flexibility index (Phi) is 11.2. The van der Waals surface area contributed by atoms with Crippen LogP contribution in [0.15, 0.2) is 81.6 Å². The second-order valence-electron chi connectivity index (χ2n) is 12.8. The fourth-order valence-corrected chi connectivity index (χ4v) is 6.56. The van der Waals surface area contributed by atoms with Crippen molar-refractivity contribution in [3.8, 4) is 0 Å². The lowest BCUT2D eigenvalue weighted by atomic mass is 10.0. The number of benzene rings is 4. The summed E-state index contributed by atoms with van der Waals surface area (Å²) >= 11 is 0. The molecule has 0 bridgehead atoms. The molecule has 4 aromatic carbocycles. The van der Waals surface area contributed by atoms with Gasteiger partial charge in [0.1, 0.15) is 22.3 Å². The third-order valence-electron chi connectivity index (χ3n) is 8.69. The van der Waals surface area contributed by atoms with Gasteiger partial charge >= 0.3 is 0 Å². The molecular weight excluding hydrogens is 757 g/mol. The molecule has 0 radical (unpaired) electrons. The third kappa shape index (κ3) is 8.59. The number of rotatable bonds is 10. The SMILES string of the molecule is CS(=O)(=O)O.CS(=O)(=O)O.O=C1c2ccc3oc4ccccc4c3c2C(=O)N1CCNCCCNCCN1C(=O)c2ccc3oc4ccccc4c3c2C1=O. The Bertz CT molecular complexity index is 2520. The predicted octanol–water partition coefficient (Wildman–Crippen LogP) is 3.95. The number of nitrogens with one attached hydrogen (secondary N) is 2. The highest BCUT2D eigenvalue weighted by molar-refractivity contribution is 7.85. The number of hydrogen-bond acceptors (Lipinski definition) is 12. The molecule has 18 heteroatoms. The fourth-order valence-electron chi connectivity index (χ4n) is 6.56. The van der Waals surface area contributed by atoms with Crippen molar-refractivity contribution in [2.45, 2.75) is 6.42 Å². The number of fused-ring (bicyclic) bond motifs is 10. The summed E-state index contributed by atoms with van der Waals surface area (Å²) < 4.78 is 63.5. The van der Waals surface area contributed by atoms with E-state index in [1.807, 2.05) is 48.5 Å². The zero-order valence-electron chi connectivity index (χ0n) is 29.6. The summed E-state index contributed by atoms with van der Waals surface area (Å²) in [6.07, 6.45) is 2.22. The fraction of sp³-hybridized carbons (Fsp3) is 0.243. The van der Waals surface area contributed by atoms with Crippen molar-refractivity contribution < 1.29 is 54.0 Å². The average Bonchev–Trinajstić information content (AvgIpc) is 3.81. The van der Waals surface area contributed by atoms with E-state index in [1.54, 1.807) is 24.3 Å². The molecule has 6 aromatic rings. The van der Waals surface area contributed by atoms with Gasteiger partial charge in [-0.3, -0.25) is 38.1 Å².